The molecule has 0 fully saturated rings. The molecule has 0 spiro atoms. The van der Waals surface area contributed by atoms with Crippen LogP contribution in [0, 0.1) is 0 Å². The largest absolute Gasteiger partial charge is 0.472 e. The molecule has 7 heteroatoms. The third-order valence-electron chi connectivity index (χ3n) is 3.31. The first-order chi connectivity index (χ1) is 11.2. The van der Waals surface area contributed by atoms with E-state index in [0.717, 1.165) is 11.1 Å². The summed E-state index contributed by atoms with van der Waals surface area (Å²) in [6, 6.07) is 11.5. The van der Waals surface area contributed by atoms with Gasteiger partial charge in [0.05, 0.1) is 19.1 Å². The van der Waals surface area contributed by atoms with Crippen molar-refractivity contribution in [2.24, 2.45) is 0 Å². The lowest BCUT2D eigenvalue weighted by Crippen LogP contribution is -2.31. The highest BCUT2D eigenvalue weighted by molar-refractivity contribution is 5.87. The fourth-order valence-electron chi connectivity index (χ4n) is 2.14. The molecular weight excluding hydrogens is 294 g/mol. The Bertz CT molecular complexity index is 752. The van der Waals surface area contributed by atoms with Crippen LogP contribution in [0.3, 0.4) is 0 Å². The predicted molar refractivity (Wildman–Crippen MR) is 84.8 cm³/mol. The van der Waals surface area contributed by atoms with E-state index in [1.54, 1.807) is 19.6 Å². The maximum Gasteiger partial charge on any atom is 0.324 e. The van der Waals surface area contributed by atoms with Gasteiger partial charge < -0.3 is 9.32 Å². The van der Waals surface area contributed by atoms with Gasteiger partial charge in [0.1, 0.15) is 5.82 Å². The van der Waals surface area contributed by atoms with Crippen molar-refractivity contribution in [2.75, 3.05) is 12.4 Å². The Kier molecular flexibility index (Phi) is 4.37. The minimum absolute atomic E-state index is 0.264. The summed E-state index contributed by atoms with van der Waals surface area (Å²) in [7, 11) is 1.69. The molecule has 3 rings (SSSR count). The summed E-state index contributed by atoms with van der Waals surface area (Å²) in [6.45, 7) is 0.448. The normalized spacial score (nSPS) is 10.5. The molecular formula is C16H17N5O2. The molecule has 2 heterocycles. The number of rotatable bonds is 5. The van der Waals surface area contributed by atoms with E-state index in [1.165, 1.54) is 4.90 Å². The number of hydrogen-bond acceptors (Lipinski definition) is 4. The number of furan rings is 1. The van der Waals surface area contributed by atoms with Gasteiger partial charge in [-0.15, -0.1) is 5.10 Å². The van der Waals surface area contributed by atoms with E-state index in [0.29, 0.717) is 18.8 Å². The Hall–Kier alpha value is -3.09. The summed E-state index contributed by atoms with van der Waals surface area (Å²) >= 11 is 0. The zero-order valence-electron chi connectivity index (χ0n) is 12.7. The van der Waals surface area contributed by atoms with Gasteiger partial charge in [0.25, 0.3) is 0 Å². The number of aromatic amines is 1. The highest BCUT2D eigenvalue weighted by Gasteiger charge is 2.13. The Labute approximate surface area is 133 Å². The first kappa shape index (κ1) is 14.8. The smallest absolute Gasteiger partial charge is 0.324 e. The summed E-state index contributed by atoms with van der Waals surface area (Å²) in [4.78, 5) is 17.9. The van der Waals surface area contributed by atoms with Crippen molar-refractivity contribution in [1.29, 1.82) is 0 Å². The summed E-state index contributed by atoms with van der Waals surface area (Å²) in [6.07, 6.45) is 3.81. The fraction of sp³-hybridized carbons (Fsp3) is 0.188. The summed E-state index contributed by atoms with van der Waals surface area (Å²) in [5.41, 5.74) is 2.04. The van der Waals surface area contributed by atoms with Crippen LogP contribution in [0.2, 0.25) is 0 Å². The maximum atomic E-state index is 12.1. The fourth-order valence-corrected chi connectivity index (χ4v) is 2.14. The molecule has 0 atom stereocenters. The average molecular weight is 311 g/mol. The highest BCUT2D eigenvalue weighted by atomic mass is 16.3. The van der Waals surface area contributed by atoms with E-state index in [9.17, 15) is 4.79 Å². The number of urea groups is 1. The lowest BCUT2D eigenvalue weighted by molar-refractivity contribution is 0.220. The van der Waals surface area contributed by atoms with Crippen LogP contribution < -0.4 is 5.32 Å². The monoisotopic (exact) mass is 311 g/mol. The van der Waals surface area contributed by atoms with Crippen molar-refractivity contribution in [2.45, 2.75) is 13.0 Å². The zero-order valence-corrected chi connectivity index (χ0v) is 12.7. The molecule has 3 aromatic rings. The standard InChI is InChI=1S/C16H17N5O2/c1-21(10-13-7-8-23-11-13)16(22)18-15-17-14(19-20-15)9-12-5-3-2-4-6-12/h2-8,11H,9-10H2,1H3,(H2,17,18,19,20,22). The second-order valence-corrected chi connectivity index (χ2v) is 5.19. The van der Waals surface area contributed by atoms with Gasteiger partial charge in [-0.05, 0) is 11.6 Å². The highest BCUT2D eigenvalue weighted by Crippen LogP contribution is 2.08. The third-order valence-corrected chi connectivity index (χ3v) is 3.31. The second kappa shape index (κ2) is 6.78. The molecule has 0 bridgehead atoms. The molecule has 2 aromatic heterocycles. The van der Waals surface area contributed by atoms with Crippen LogP contribution in [-0.2, 0) is 13.0 Å². The number of nitrogens with zero attached hydrogens (tertiary/aromatic N) is 3. The number of amides is 2. The number of carbonyl (C=O) groups is 1. The van der Waals surface area contributed by atoms with Crippen LogP contribution in [-0.4, -0.2) is 33.2 Å². The van der Waals surface area contributed by atoms with Crippen molar-refractivity contribution in [1.82, 2.24) is 20.1 Å². The number of carbonyl (C=O) groups excluding carboxylic acids is 1. The van der Waals surface area contributed by atoms with Gasteiger partial charge in [-0.2, -0.15) is 4.98 Å². The quantitative estimate of drug-likeness (QED) is 0.758. The van der Waals surface area contributed by atoms with Crippen LogP contribution in [0.15, 0.2) is 53.3 Å². The molecule has 2 N–H and O–H groups in total. The Morgan fingerprint density at radius 3 is 2.83 bits per heavy atom. The number of benzene rings is 1. The molecule has 2 amide bonds. The van der Waals surface area contributed by atoms with Gasteiger partial charge in [0.2, 0.25) is 5.95 Å². The Morgan fingerprint density at radius 1 is 1.26 bits per heavy atom. The minimum atomic E-state index is -0.281. The molecule has 0 aliphatic heterocycles. The molecule has 118 valence electrons. The minimum Gasteiger partial charge on any atom is -0.472 e. The number of H-pyrrole nitrogens is 1. The lowest BCUT2D eigenvalue weighted by Gasteiger charge is -2.15. The van der Waals surface area contributed by atoms with E-state index in [2.05, 4.69) is 20.5 Å². The van der Waals surface area contributed by atoms with Crippen LogP contribution in [0.5, 0.6) is 0 Å². The van der Waals surface area contributed by atoms with E-state index in [1.807, 2.05) is 36.4 Å². The number of hydrogen-bond donors (Lipinski definition) is 2. The van der Waals surface area contributed by atoms with Crippen molar-refractivity contribution in [3.63, 3.8) is 0 Å². The molecule has 0 radical (unpaired) electrons. The van der Waals surface area contributed by atoms with E-state index < -0.39 is 0 Å². The van der Waals surface area contributed by atoms with Crippen molar-refractivity contribution >= 4 is 12.0 Å². The van der Waals surface area contributed by atoms with E-state index in [4.69, 9.17) is 4.42 Å². The van der Waals surface area contributed by atoms with Crippen LogP contribution in [0.25, 0.3) is 0 Å². The first-order valence-corrected chi connectivity index (χ1v) is 7.19. The topological polar surface area (TPSA) is 87.0 Å². The number of anilines is 1. The molecule has 0 saturated heterocycles. The van der Waals surface area contributed by atoms with Crippen molar-refractivity contribution in [3.8, 4) is 0 Å². The van der Waals surface area contributed by atoms with Gasteiger partial charge in [0.15, 0.2) is 0 Å². The van der Waals surface area contributed by atoms with Crippen LogP contribution >= 0.6 is 0 Å². The predicted octanol–water partition coefficient (Wildman–Crippen LogP) is 2.65. The maximum absolute atomic E-state index is 12.1. The van der Waals surface area contributed by atoms with Gasteiger partial charge in [0, 0.05) is 19.0 Å². The van der Waals surface area contributed by atoms with Gasteiger partial charge in [-0.1, -0.05) is 30.3 Å². The lowest BCUT2D eigenvalue weighted by atomic mass is 10.1. The van der Waals surface area contributed by atoms with Gasteiger partial charge >= 0.3 is 6.03 Å². The SMILES string of the molecule is CN(Cc1ccoc1)C(=O)Nc1n[nH]c(Cc2ccccc2)n1. The second-order valence-electron chi connectivity index (χ2n) is 5.19. The molecule has 0 saturated carbocycles. The molecule has 1 aromatic carbocycles. The van der Waals surface area contributed by atoms with Crippen molar-refractivity contribution < 1.29 is 9.21 Å². The number of aromatic nitrogens is 3. The van der Waals surface area contributed by atoms with E-state index in [-0.39, 0.29) is 12.0 Å². The Morgan fingerprint density at radius 2 is 2.09 bits per heavy atom. The third kappa shape index (κ3) is 3.97. The number of nitrogens with one attached hydrogen (secondary N) is 2. The molecule has 0 aliphatic carbocycles. The first-order valence-electron chi connectivity index (χ1n) is 7.19. The summed E-state index contributed by atoms with van der Waals surface area (Å²) in [5, 5.41) is 9.52. The summed E-state index contributed by atoms with van der Waals surface area (Å²) in [5.74, 6) is 0.962. The van der Waals surface area contributed by atoms with Crippen molar-refractivity contribution in [3.05, 3.63) is 65.9 Å². The molecule has 7 nitrogen and oxygen atoms in total. The molecule has 23 heavy (non-hydrogen) atoms. The van der Waals surface area contributed by atoms with E-state index >= 15 is 0 Å². The molecule has 0 unspecified atom stereocenters. The zero-order chi connectivity index (χ0) is 16.1. The van der Waals surface area contributed by atoms with Gasteiger partial charge in [-0.25, -0.2) is 4.79 Å². The van der Waals surface area contributed by atoms with Crippen LogP contribution in [0.4, 0.5) is 10.7 Å². The molecule has 0 aliphatic rings. The van der Waals surface area contributed by atoms with Crippen LogP contribution in [0.1, 0.15) is 17.0 Å². The Balaban J connectivity index is 1.57. The average Bonchev–Trinajstić information content (AvgIpc) is 3.20. The van der Waals surface area contributed by atoms with Gasteiger partial charge in [-0.3, -0.25) is 10.4 Å². The summed E-state index contributed by atoms with van der Waals surface area (Å²) < 4.78 is 4.99.